The largest absolute Gasteiger partial charge is 0.370 e. The normalized spacial score (nSPS) is 10.7. The topological polar surface area (TPSA) is 3.24 Å². The van der Waals surface area contributed by atoms with Crippen LogP contribution in [0.1, 0.15) is 5.56 Å². The van der Waals surface area contributed by atoms with Gasteiger partial charge in [0, 0.05) is 29.1 Å². The van der Waals surface area contributed by atoms with Gasteiger partial charge in [0.25, 0.3) is 0 Å². The van der Waals surface area contributed by atoms with E-state index in [1.807, 2.05) is 6.07 Å². The smallest absolute Gasteiger partial charge is 0.0446 e. The lowest BCUT2D eigenvalue weighted by molar-refractivity contribution is 0.923. The molecule has 0 heterocycles. The van der Waals surface area contributed by atoms with E-state index in [1.54, 1.807) is 0 Å². The van der Waals surface area contributed by atoms with Gasteiger partial charge in [0.15, 0.2) is 0 Å². The molecule has 3 aromatic rings. The fourth-order valence-corrected chi connectivity index (χ4v) is 2.92. The van der Waals surface area contributed by atoms with Gasteiger partial charge >= 0.3 is 0 Å². The van der Waals surface area contributed by atoms with Gasteiger partial charge in [-0.05, 0) is 23.1 Å². The van der Waals surface area contributed by atoms with Crippen LogP contribution in [0.5, 0.6) is 0 Å². The summed E-state index contributed by atoms with van der Waals surface area (Å²) in [5, 5.41) is 2.58. The van der Waals surface area contributed by atoms with E-state index in [4.69, 9.17) is 0 Å². The summed E-state index contributed by atoms with van der Waals surface area (Å²) in [5.41, 5.74) is 2.56. The van der Waals surface area contributed by atoms with Crippen LogP contribution in [0.3, 0.4) is 0 Å². The number of hydrogen-bond donors (Lipinski definition) is 0. The Hall–Kier alpha value is -1.80. The molecule has 0 radical (unpaired) electrons. The lowest BCUT2D eigenvalue weighted by Gasteiger charge is -2.22. The molecule has 0 unspecified atom stereocenters. The van der Waals surface area contributed by atoms with E-state index in [1.165, 1.54) is 22.0 Å². The van der Waals surface area contributed by atoms with E-state index in [0.717, 1.165) is 11.0 Å². The van der Waals surface area contributed by atoms with Gasteiger partial charge in [0.1, 0.15) is 0 Å². The van der Waals surface area contributed by atoms with Gasteiger partial charge < -0.3 is 4.90 Å². The zero-order valence-corrected chi connectivity index (χ0v) is 13.0. The Morgan fingerprint density at radius 3 is 2.40 bits per heavy atom. The fraction of sp³-hybridized carbons (Fsp3) is 0.111. The fourth-order valence-electron chi connectivity index (χ4n) is 2.51. The highest BCUT2D eigenvalue weighted by Crippen LogP contribution is 2.28. The first kappa shape index (κ1) is 13.2. The van der Waals surface area contributed by atoms with Crippen LogP contribution in [0, 0.1) is 0 Å². The van der Waals surface area contributed by atoms with Gasteiger partial charge in [-0.1, -0.05) is 70.5 Å². The van der Waals surface area contributed by atoms with Crippen LogP contribution in [0.2, 0.25) is 0 Å². The zero-order valence-electron chi connectivity index (χ0n) is 11.4. The molecule has 20 heavy (non-hydrogen) atoms. The molecule has 0 aliphatic carbocycles. The van der Waals surface area contributed by atoms with Crippen LogP contribution in [0.15, 0.2) is 71.2 Å². The minimum atomic E-state index is 0.884. The first-order valence-electron chi connectivity index (χ1n) is 6.68. The van der Waals surface area contributed by atoms with Crippen molar-refractivity contribution in [2.75, 3.05) is 11.9 Å². The zero-order chi connectivity index (χ0) is 13.9. The Kier molecular flexibility index (Phi) is 3.75. The van der Waals surface area contributed by atoms with Crippen LogP contribution in [0.4, 0.5) is 5.69 Å². The molecule has 0 bridgehead atoms. The van der Waals surface area contributed by atoms with Crippen LogP contribution < -0.4 is 4.90 Å². The molecule has 0 saturated carbocycles. The molecule has 1 nitrogen and oxygen atoms in total. The summed E-state index contributed by atoms with van der Waals surface area (Å²) in [6, 6.07) is 23.4. The summed E-state index contributed by atoms with van der Waals surface area (Å²) in [7, 11) is 2.14. The minimum absolute atomic E-state index is 0.884. The molecule has 0 aliphatic rings. The Morgan fingerprint density at radius 2 is 1.55 bits per heavy atom. The second-order valence-corrected chi connectivity index (χ2v) is 5.80. The molecule has 0 fully saturated rings. The molecule has 3 aromatic carbocycles. The molecule has 0 aliphatic heterocycles. The molecular weight excluding hydrogens is 310 g/mol. The molecule has 0 atom stereocenters. The summed E-state index contributed by atoms with van der Waals surface area (Å²) >= 11 is 3.62. The van der Waals surface area contributed by atoms with Crippen molar-refractivity contribution in [2.45, 2.75) is 6.54 Å². The summed E-state index contributed by atoms with van der Waals surface area (Å²) < 4.78 is 1.16. The van der Waals surface area contributed by atoms with Crippen LogP contribution in [-0.4, -0.2) is 7.05 Å². The highest BCUT2D eigenvalue weighted by molar-refractivity contribution is 9.10. The van der Waals surface area contributed by atoms with Gasteiger partial charge in [-0.25, -0.2) is 0 Å². The van der Waals surface area contributed by atoms with Crippen LogP contribution >= 0.6 is 15.9 Å². The van der Waals surface area contributed by atoms with E-state index >= 15 is 0 Å². The molecule has 0 saturated heterocycles. The lowest BCUT2D eigenvalue weighted by atomic mass is 10.1. The van der Waals surface area contributed by atoms with Gasteiger partial charge in [-0.2, -0.15) is 0 Å². The van der Waals surface area contributed by atoms with Gasteiger partial charge in [0.2, 0.25) is 0 Å². The van der Waals surface area contributed by atoms with Crippen LogP contribution in [0.25, 0.3) is 10.8 Å². The third kappa shape index (κ3) is 2.56. The number of anilines is 1. The maximum atomic E-state index is 3.62. The molecule has 0 spiro atoms. The van der Waals surface area contributed by atoms with E-state index in [9.17, 15) is 0 Å². The molecule has 2 heteroatoms. The van der Waals surface area contributed by atoms with Crippen molar-refractivity contribution in [1.29, 1.82) is 0 Å². The van der Waals surface area contributed by atoms with Crippen molar-refractivity contribution in [3.8, 4) is 0 Å². The maximum Gasteiger partial charge on any atom is 0.0446 e. The molecule has 0 N–H and O–H groups in total. The Morgan fingerprint density at radius 1 is 0.850 bits per heavy atom. The Bertz CT molecular complexity index is 731. The second kappa shape index (κ2) is 5.68. The van der Waals surface area contributed by atoms with Gasteiger partial charge in [-0.15, -0.1) is 0 Å². The number of halogens is 1. The van der Waals surface area contributed by atoms with Crippen molar-refractivity contribution >= 4 is 32.4 Å². The minimum Gasteiger partial charge on any atom is -0.370 e. The number of nitrogens with zero attached hydrogens (tertiary/aromatic N) is 1. The van der Waals surface area contributed by atoms with Crippen molar-refractivity contribution in [1.82, 2.24) is 0 Å². The summed E-state index contributed by atoms with van der Waals surface area (Å²) in [6.07, 6.45) is 0. The van der Waals surface area contributed by atoms with E-state index in [2.05, 4.69) is 88.5 Å². The number of rotatable bonds is 3. The van der Waals surface area contributed by atoms with Gasteiger partial charge in [0.05, 0.1) is 0 Å². The molecular formula is C18H16BrN. The number of hydrogen-bond acceptors (Lipinski definition) is 1. The summed E-state index contributed by atoms with van der Waals surface area (Å²) in [4.78, 5) is 2.29. The third-order valence-corrected chi connectivity index (χ3v) is 4.32. The first-order valence-corrected chi connectivity index (χ1v) is 7.47. The standard InChI is InChI=1S/C18H16BrN/c1-20(13-15-8-3-5-11-17(15)19)18-12-6-9-14-7-2-4-10-16(14)18/h2-12H,13H2,1H3. The predicted octanol–water partition coefficient (Wildman–Crippen LogP) is 5.24. The van der Waals surface area contributed by atoms with Gasteiger partial charge in [-0.3, -0.25) is 0 Å². The van der Waals surface area contributed by atoms with Crippen molar-refractivity contribution in [3.05, 3.63) is 76.8 Å². The maximum absolute atomic E-state index is 3.62. The highest BCUT2D eigenvalue weighted by atomic mass is 79.9. The van der Waals surface area contributed by atoms with E-state index < -0.39 is 0 Å². The predicted molar refractivity (Wildman–Crippen MR) is 90.2 cm³/mol. The molecule has 100 valence electrons. The molecule has 0 aromatic heterocycles. The lowest BCUT2D eigenvalue weighted by Crippen LogP contribution is -2.16. The summed E-state index contributed by atoms with van der Waals surface area (Å²) in [5.74, 6) is 0. The first-order chi connectivity index (χ1) is 9.75. The molecule has 0 amide bonds. The average molecular weight is 326 g/mol. The second-order valence-electron chi connectivity index (χ2n) is 4.95. The van der Waals surface area contributed by atoms with Crippen LogP contribution in [-0.2, 0) is 6.54 Å². The average Bonchev–Trinajstić information content (AvgIpc) is 2.49. The SMILES string of the molecule is CN(Cc1ccccc1Br)c1cccc2ccccc12. The van der Waals surface area contributed by atoms with Crippen molar-refractivity contribution < 1.29 is 0 Å². The highest BCUT2D eigenvalue weighted by Gasteiger charge is 2.07. The van der Waals surface area contributed by atoms with Crippen molar-refractivity contribution in [2.24, 2.45) is 0 Å². The monoisotopic (exact) mass is 325 g/mol. The van der Waals surface area contributed by atoms with E-state index in [-0.39, 0.29) is 0 Å². The summed E-state index contributed by atoms with van der Waals surface area (Å²) in [6.45, 7) is 0.884. The Balaban J connectivity index is 1.97. The Labute approximate surface area is 128 Å². The number of benzene rings is 3. The third-order valence-electron chi connectivity index (χ3n) is 3.54. The quantitative estimate of drug-likeness (QED) is 0.636. The van der Waals surface area contributed by atoms with E-state index in [0.29, 0.717) is 0 Å². The molecule has 3 rings (SSSR count). The van der Waals surface area contributed by atoms with Crippen molar-refractivity contribution in [3.63, 3.8) is 0 Å². The number of fused-ring (bicyclic) bond motifs is 1.